The number of nitrogens with one attached hydrogen (secondary N) is 1. The van der Waals surface area contributed by atoms with E-state index in [1.807, 2.05) is 0 Å². The molecule has 21 heavy (non-hydrogen) atoms. The summed E-state index contributed by atoms with van der Waals surface area (Å²) >= 11 is 0. The number of methoxy groups -OCH3 is 1. The molecule has 3 heterocycles. The summed E-state index contributed by atoms with van der Waals surface area (Å²) in [6.07, 6.45) is 1.60. The minimum atomic E-state index is -1.03. The van der Waals surface area contributed by atoms with Crippen molar-refractivity contribution in [3.63, 3.8) is 0 Å². The normalized spacial score (nSPS) is 25.9. The van der Waals surface area contributed by atoms with Crippen LogP contribution in [0.2, 0.25) is 0 Å². The van der Waals surface area contributed by atoms with Crippen LogP contribution in [-0.4, -0.2) is 75.8 Å². The van der Waals surface area contributed by atoms with Crippen LogP contribution in [0.25, 0.3) is 0 Å². The molecule has 2 fully saturated rings. The van der Waals surface area contributed by atoms with Gasteiger partial charge in [-0.1, -0.05) is 5.21 Å². The molecule has 2 atom stereocenters. The number of carboxylic acid groups (broad SMARTS) is 1. The molecule has 2 aliphatic rings. The van der Waals surface area contributed by atoms with Crippen molar-refractivity contribution in [3.8, 4) is 0 Å². The van der Waals surface area contributed by atoms with Gasteiger partial charge in [0.15, 0.2) is 5.69 Å². The number of aromatic nitrogens is 3. The van der Waals surface area contributed by atoms with Gasteiger partial charge in [-0.15, -0.1) is 5.10 Å². The van der Waals surface area contributed by atoms with Gasteiger partial charge in [-0.25, -0.2) is 9.48 Å². The fourth-order valence-electron chi connectivity index (χ4n) is 2.59. The number of ether oxygens (including phenoxy) is 1. The van der Waals surface area contributed by atoms with Crippen molar-refractivity contribution < 1.29 is 19.4 Å². The average molecular weight is 295 g/mol. The van der Waals surface area contributed by atoms with Gasteiger partial charge in [-0.05, 0) is 0 Å². The van der Waals surface area contributed by atoms with E-state index < -0.39 is 17.9 Å². The van der Waals surface area contributed by atoms with Gasteiger partial charge in [0.05, 0.1) is 18.3 Å². The van der Waals surface area contributed by atoms with Crippen LogP contribution in [0.5, 0.6) is 0 Å². The topological polar surface area (TPSA) is 110 Å². The van der Waals surface area contributed by atoms with Gasteiger partial charge >= 0.3 is 5.97 Å². The molecule has 0 aliphatic carbocycles. The second kappa shape index (κ2) is 5.41. The molecule has 0 saturated carbocycles. The van der Waals surface area contributed by atoms with E-state index in [2.05, 4.69) is 15.6 Å². The fraction of sp³-hybridized carbons (Fsp3) is 0.667. The lowest BCUT2D eigenvalue weighted by molar-refractivity contribution is -0.141. The Balaban J connectivity index is 1.76. The highest BCUT2D eigenvalue weighted by Gasteiger charge is 2.41. The number of likely N-dealkylation sites (tertiary alicyclic amines) is 1. The Morgan fingerprint density at radius 3 is 2.81 bits per heavy atom. The molecule has 0 radical (unpaired) electrons. The number of amides is 1. The molecule has 1 amide bonds. The summed E-state index contributed by atoms with van der Waals surface area (Å²) in [4.78, 5) is 25.0. The Bertz CT molecular complexity index is 556. The molecule has 0 spiro atoms. The number of carbonyl (C=O) groups is 2. The van der Waals surface area contributed by atoms with E-state index in [4.69, 9.17) is 4.74 Å². The molecule has 2 saturated heterocycles. The van der Waals surface area contributed by atoms with Crippen molar-refractivity contribution in [1.29, 1.82) is 0 Å². The predicted octanol–water partition coefficient (Wildman–Crippen LogP) is -1.26. The molecule has 1 aromatic heterocycles. The first-order chi connectivity index (χ1) is 10.1. The summed E-state index contributed by atoms with van der Waals surface area (Å²) in [6, 6.07) is -0.669. The first kappa shape index (κ1) is 14.0. The van der Waals surface area contributed by atoms with Gasteiger partial charge in [-0.3, -0.25) is 4.79 Å². The maximum absolute atomic E-state index is 12.4. The molecule has 0 aromatic carbocycles. The molecule has 2 N–H and O–H groups in total. The third-order valence-corrected chi connectivity index (χ3v) is 4.01. The van der Waals surface area contributed by atoms with Crippen molar-refractivity contribution in [2.24, 2.45) is 0 Å². The number of hydrogen-bond donors (Lipinski definition) is 2. The maximum Gasteiger partial charge on any atom is 0.326 e. The van der Waals surface area contributed by atoms with Crippen molar-refractivity contribution >= 4 is 11.9 Å². The average Bonchev–Trinajstić information content (AvgIpc) is 3.02. The minimum Gasteiger partial charge on any atom is -0.480 e. The fourth-order valence-corrected chi connectivity index (χ4v) is 2.59. The quantitative estimate of drug-likeness (QED) is 0.713. The van der Waals surface area contributed by atoms with Crippen molar-refractivity contribution in [2.75, 3.05) is 26.7 Å². The van der Waals surface area contributed by atoms with E-state index in [1.165, 1.54) is 12.0 Å². The third kappa shape index (κ3) is 2.49. The summed E-state index contributed by atoms with van der Waals surface area (Å²) in [5, 5.41) is 20.2. The molecule has 0 bridgehead atoms. The molecule has 3 rings (SSSR count). The number of aliphatic carboxylic acids is 1. The van der Waals surface area contributed by atoms with E-state index in [0.717, 1.165) is 13.1 Å². The summed E-state index contributed by atoms with van der Waals surface area (Å²) in [6.45, 7) is 1.85. The van der Waals surface area contributed by atoms with Gasteiger partial charge in [0.2, 0.25) is 0 Å². The summed E-state index contributed by atoms with van der Waals surface area (Å²) in [7, 11) is 1.51. The van der Waals surface area contributed by atoms with Crippen LogP contribution >= 0.6 is 0 Å². The molecule has 2 unspecified atom stereocenters. The molecule has 9 nitrogen and oxygen atoms in total. The lowest BCUT2D eigenvalue weighted by atomic mass is 10.2. The van der Waals surface area contributed by atoms with Crippen LogP contribution in [0, 0.1) is 0 Å². The predicted molar refractivity (Wildman–Crippen MR) is 69.8 cm³/mol. The first-order valence-corrected chi connectivity index (χ1v) is 6.79. The van der Waals surface area contributed by atoms with Gasteiger partial charge in [-0.2, -0.15) is 0 Å². The Labute approximate surface area is 120 Å². The van der Waals surface area contributed by atoms with Gasteiger partial charge < -0.3 is 20.1 Å². The van der Waals surface area contributed by atoms with Crippen LogP contribution in [0.1, 0.15) is 23.0 Å². The minimum absolute atomic E-state index is 0.171. The zero-order chi connectivity index (χ0) is 15.0. The standard InChI is InChI=1S/C12H17N5O4/c1-21-8-2-10(12(19)20)16(5-8)11(18)9-6-17(15-14-9)7-3-13-4-7/h6-8,10,13H,2-5H2,1H3,(H,19,20). The van der Waals surface area contributed by atoms with Crippen LogP contribution in [-0.2, 0) is 9.53 Å². The molecule has 2 aliphatic heterocycles. The summed E-state index contributed by atoms with van der Waals surface area (Å²) in [5.41, 5.74) is 0.171. The second-order valence-electron chi connectivity index (χ2n) is 5.30. The lowest BCUT2D eigenvalue weighted by Gasteiger charge is -2.26. The van der Waals surface area contributed by atoms with E-state index in [1.54, 1.807) is 10.9 Å². The van der Waals surface area contributed by atoms with E-state index in [0.29, 0.717) is 0 Å². The summed E-state index contributed by atoms with van der Waals surface area (Å²) in [5.74, 6) is -1.45. The molecular weight excluding hydrogens is 278 g/mol. The van der Waals surface area contributed by atoms with Crippen molar-refractivity contribution in [3.05, 3.63) is 11.9 Å². The Kier molecular flexibility index (Phi) is 3.60. The first-order valence-electron chi connectivity index (χ1n) is 6.79. The number of carbonyl (C=O) groups excluding carboxylic acids is 1. The largest absolute Gasteiger partial charge is 0.480 e. The van der Waals surface area contributed by atoms with E-state index >= 15 is 0 Å². The Morgan fingerprint density at radius 2 is 2.24 bits per heavy atom. The van der Waals surface area contributed by atoms with Crippen LogP contribution < -0.4 is 5.32 Å². The molecule has 9 heteroatoms. The second-order valence-corrected chi connectivity index (χ2v) is 5.30. The zero-order valence-electron chi connectivity index (χ0n) is 11.6. The number of rotatable bonds is 4. The van der Waals surface area contributed by atoms with Crippen LogP contribution in [0.4, 0.5) is 0 Å². The third-order valence-electron chi connectivity index (χ3n) is 4.01. The zero-order valence-corrected chi connectivity index (χ0v) is 11.6. The SMILES string of the molecule is COC1CC(C(=O)O)N(C(=O)c2cn(C3CNC3)nn2)C1. The molecule has 1 aromatic rings. The van der Waals surface area contributed by atoms with E-state index in [-0.39, 0.29) is 30.8 Å². The van der Waals surface area contributed by atoms with Crippen molar-refractivity contribution in [2.45, 2.75) is 24.6 Å². The maximum atomic E-state index is 12.4. The van der Waals surface area contributed by atoms with Gasteiger partial charge in [0.1, 0.15) is 6.04 Å². The lowest BCUT2D eigenvalue weighted by Crippen LogP contribution is -2.43. The van der Waals surface area contributed by atoms with Crippen molar-refractivity contribution in [1.82, 2.24) is 25.2 Å². The van der Waals surface area contributed by atoms with E-state index in [9.17, 15) is 14.7 Å². The molecular formula is C12H17N5O4. The Hall–Kier alpha value is -2.00. The van der Waals surface area contributed by atoms with Gasteiger partial charge in [0, 0.05) is 33.2 Å². The van der Waals surface area contributed by atoms with Crippen LogP contribution in [0.15, 0.2) is 6.20 Å². The van der Waals surface area contributed by atoms with Crippen LogP contribution in [0.3, 0.4) is 0 Å². The highest BCUT2D eigenvalue weighted by molar-refractivity contribution is 5.95. The molecule has 114 valence electrons. The Morgan fingerprint density at radius 1 is 1.48 bits per heavy atom. The number of nitrogens with zero attached hydrogens (tertiary/aromatic N) is 4. The number of hydrogen-bond acceptors (Lipinski definition) is 6. The number of carboxylic acids is 1. The van der Waals surface area contributed by atoms with Gasteiger partial charge in [0.25, 0.3) is 5.91 Å². The highest BCUT2D eigenvalue weighted by Crippen LogP contribution is 2.22. The highest BCUT2D eigenvalue weighted by atomic mass is 16.5. The summed E-state index contributed by atoms with van der Waals surface area (Å²) < 4.78 is 6.81. The monoisotopic (exact) mass is 295 g/mol. The smallest absolute Gasteiger partial charge is 0.326 e.